The van der Waals surface area contributed by atoms with E-state index < -0.39 is 21.9 Å². The molecular formula is C19H16F3N5O2S. The summed E-state index contributed by atoms with van der Waals surface area (Å²) < 4.78 is 68.5. The van der Waals surface area contributed by atoms with Crippen LogP contribution in [0, 0.1) is 0 Å². The molecule has 0 spiro atoms. The zero-order valence-electron chi connectivity index (χ0n) is 15.4. The molecule has 0 saturated carbocycles. The Hall–Kier alpha value is -3.05. The quantitative estimate of drug-likeness (QED) is 0.615. The number of halogens is 3. The van der Waals surface area contributed by atoms with Gasteiger partial charge in [-0.1, -0.05) is 42.5 Å². The standard InChI is InChI=1S/C19H16F3N5O2S/c20-19(21,22)18(25-26-18)15-6-8-16(9-7-15)30(28,29)24-12-17-23-10-11-27(17)13-14-4-2-1-3-5-14/h1-11,24H,12-13H2. The molecule has 0 unspecified atom stereocenters. The second-order valence-corrected chi connectivity index (χ2v) is 8.44. The van der Waals surface area contributed by atoms with E-state index in [2.05, 4.69) is 19.9 Å². The molecule has 4 rings (SSSR count). The number of hydrogen-bond acceptors (Lipinski definition) is 5. The summed E-state index contributed by atoms with van der Waals surface area (Å²) in [5.41, 5.74) is -1.78. The van der Waals surface area contributed by atoms with Crippen LogP contribution in [0.2, 0.25) is 0 Å². The number of nitrogens with zero attached hydrogens (tertiary/aromatic N) is 4. The summed E-state index contributed by atoms with van der Waals surface area (Å²) in [6.07, 6.45) is -1.35. The molecule has 3 aromatic rings. The van der Waals surface area contributed by atoms with Crippen LogP contribution in [0.25, 0.3) is 0 Å². The Morgan fingerprint density at radius 1 is 1.00 bits per heavy atom. The molecule has 1 aromatic heterocycles. The predicted octanol–water partition coefficient (Wildman–Crippen LogP) is 3.59. The smallest absolute Gasteiger partial charge is 0.329 e. The third-order valence-corrected chi connectivity index (χ3v) is 6.10. The molecule has 0 amide bonds. The monoisotopic (exact) mass is 435 g/mol. The molecule has 1 aliphatic rings. The second kappa shape index (κ2) is 7.33. The van der Waals surface area contributed by atoms with Crippen molar-refractivity contribution in [1.82, 2.24) is 14.3 Å². The molecule has 1 N–H and O–H groups in total. The van der Waals surface area contributed by atoms with Crippen LogP contribution in [0.3, 0.4) is 0 Å². The maximum Gasteiger partial charge on any atom is 0.442 e. The van der Waals surface area contributed by atoms with Crippen molar-refractivity contribution in [2.45, 2.75) is 29.8 Å². The fourth-order valence-electron chi connectivity index (χ4n) is 2.98. The van der Waals surface area contributed by atoms with Gasteiger partial charge in [0.05, 0.1) is 11.4 Å². The predicted molar refractivity (Wildman–Crippen MR) is 101 cm³/mol. The normalized spacial score (nSPS) is 15.3. The average molecular weight is 435 g/mol. The van der Waals surface area contributed by atoms with Crippen molar-refractivity contribution in [3.8, 4) is 0 Å². The molecule has 0 atom stereocenters. The molecule has 1 aliphatic heterocycles. The fraction of sp³-hybridized carbons (Fsp3) is 0.211. The minimum atomic E-state index is -4.67. The summed E-state index contributed by atoms with van der Waals surface area (Å²) >= 11 is 0. The zero-order valence-corrected chi connectivity index (χ0v) is 16.2. The highest BCUT2D eigenvalue weighted by molar-refractivity contribution is 7.89. The summed E-state index contributed by atoms with van der Waals surface area (Å²) in [6.45, 7) is 0.459. The lowest BCUT2D eigenvalue weighted by atomic mass is 10.0. The highest BCUT2D eigenvalue weighted by atomic mass is 32.2. The Kier molecular flexibility index (Phi) is 4.94. The lowest BCUT2D eigenvalue weighted by molar-refractivity contribution is -0.166. The van der Waals surface area contributed by atoms with E-state index in [4.69, 9.17) is 0 Å². The van der Waals surface area contributed by atoms with E-state index in [0.29, 0.717) is 12.4 Å². The highest BCUT2D eigenvalue weighted by Gasteiger charge is 2.65. The molecule has 0 fully saturated rings. The molecular weight excluding hydrogens is 419 g/mol. The van der Waals surface area contributed by atoms with Crippen molar-refractivity contribution in [3.63, 3.8) is 0 Å². The van der Waals surface area contributed by atoms with Gasteiger partial charge in [0.1, 0.15) is 5.82 Å². The molecule has 7 nitrogen and oxygen atoms in total. The van der Waals surface area contributed by atoms with E-state index in [1.54, 1.807) is 12.4 Å². The third-order valence-electron chi connectivity index (χ3n) is 4.68. The Morgan fingerprint density at radius 3 is 2.27 bits per heavy atom. The first-order valence-corrected chi connectivity index (χ1v) is 10.3. The SMILES string of the molecule is O=S(=O)(NCc1nccn1Cc1ccccc1)c1ccc(C2(C(F)(F)F)N=N2)cc1. The second-order valence-electron chi connectivity index (χ2n) is 6.68. The summed E-state index contributed by atoms with van der Waals surface area (Å²) in [5.74, 6) is 0.505. The van der Waals surface area contributed by atoms with Gasteiger partial charge >= 0.3 is 11.8 Å². The van der Waals surface area contributed by atoms with Gasteiger partial charge in [0.2, 0.25) is 10.0 Å². The van der Waals surface area contributed by atoms with Gasteiger partial charge in [-0.3, -0.25) is 0 Å². The van der Waals surface area contributed by atoms with Gasteiger partial charge in [-0.25, -0.2) is 18.1 Å². The van der Waals surface area contributed by atoms with Crippen LogP contribution < -0.4 is 4.72 Å². The average Bonchev–Trinajstić information content (AvgIpc) is 3.43. The van der Waals surface area contributed by atoms with Gasteiger partial charge in [0.15, 0.2) is 0 Å². The number of imidazole rings is 1. The first kappa shape index (κ1) is 20.2. The van der Waals surface area contributed by atoms with Gasteiger partial charge in [-0.05, 0) is 17.7 Å². The molecule has 156 valence electrons. The number of alkyl halides is 3. The van der Waals surface area contributed by atoms with Crippen LogP contribution in [0.15, 0.2) is 82.1 Å². The molecule has 0 saturated heterocycles. The van der Waals surface area contributed by atoms with Gasteiger partial charge in [-0.15, -0.1) is 10.2 Å². The lowest BCUT2D eigenvalue weighted by Gasteiger charge is -2.15. The molecule has 0 radical (unpaired) electrons. The van der Waals surface area contributed by atoms with Gasteiger partial charge < -0.3 is 4.57 Å². The zero-order chi connectivity index (χ0) is 21.4. The van der Waals surface area contributed by atoms with Crippen molar-refractivity contribution in [2.75, 3.05) is 0 Å². The molecule has 2 aromatic carbocycles. The number of rotatable bonds is 7. The Bertz CT molecular complexity index is 1170. The van der Waals surface area contributed by atoms with Crippen LogP contribution in [0.5, 0.6) is 0 Å². The van der Waals surface area contributed by atoms with Crippen LogP contribution in [0.1, 0.15) is 17.0 Å². The first-order valence-electron chi connectivity index (χ1n) is 8.86. The fourth-order valence-corrected chi connectivity index (χ4v) is 3.96. The summed E-state index contributed by atoms with van der Waals surface area (Å²) in [5, 5.41) is 6.21. The molecule has 30 heavy (non-hydrogen) atoms. The Balaban J connectivity index is 1.45. The number of nitrogens with one attached hydrogen (secondary N) is 1. The summed E-state index contributed by atoms with van der Waals surface area (Å²) in [6, 6.07) is 13.9. The van der Waals surface area contributed by atoms with Gasteiger partial charge in [0.25, 0.3) is 0 Å². The van der Waals surface area contributed by atoms with Crippen LogP contribution in [-0.2, 0) is 28.8 Å². The molecule has 2 heterocycles. The minimum absolute atomic E-state index is 0.0684. The highest BCUT2D eigenvalue weighted by Crippen LogP contribution is 2.52. The molecule has 0 bridgehead atoms. The van der Waals surface area contributed by atoms with E-state index >= 15 is 0 Å². The maximum absolute atomic E-state index is 13.1. The first-order chi connectivity index (χ1) is 14.2. The number of sulfonamides is 1. The van der Waals surface area contributed by atoms with Crippen LogP contribution in [-0.4, -0.2) is 24.1 Å². The largest absolute Gasteiger partial charge is 0.442 e. The van der Waals surface area contributed by atoms with Crippen molar-refractivity contribution in [1.29, 1.82) is 0 Å². The Labute approximate surface area is 170 Å². The number of benzene rings is 2. The van der Waals surface area contributed by atoms with E-state index in [-0.39, 0.29) is 17.0 Å². The minimum Gasteiger partial charge on any atom is -0.329 e. The van der Waals surface area contributed by atoms with Crippen LogP contribution >= 0.6 is 0 Å². The number of hydrogen-bond donors (Lipinski definition) is 1. The third kappa shape index (κ3) is 3.85. The van der Waals surface area contributed by atoms with E-state index in [1.165, 1.54) is 0 Å². The van der Waals surface area contributed by atoms with Crippen molar-refractivity contribution in [3.05, 3.63) is 83.9 Å². The van der Waals surface area contributed by atoms with Crippen molar-refractivity contribution >= 4 is 10.0 Å². The van der Waals surface area contributed by atoms with Crippen LogP contribution in [0.4, 0.5) is 13.2 Å². The van der Waals surface area contributed by atoms with Crippen molar-refractivity contribution < 1.29 is 21.6 Å². The van der Waals surface area contributed by atoms with Gasteiger partial charge in [0, 0.05) is 24.5 Å². The lowest BCUT2D eigenvalue weighted by Crippen LogP contribution is -2.30. The summed E-state index contributed by atoms with van der Waals surface area (Å²) in [4.78, 5) is 4.02. The summed E-state index contributed by atoms with van der Waals surface area (Å²) in [7, 11) is -3.95. The molecule has 11 heteroatoms. The van der Waals surface area contributed by atoms with Crippen molar-refractivity contribution in [2.24, 2.45) is 10.2 Å². The van der Waals surface area contributed by atoms with Gasteiger partial charge in [-0.2, -0.15) is 13.2 Å². The molecule has 0 aliphatic carbocycles. The topological polar surface area (TPSA) is 88.7 Å². The van der Waals surface area contributed by atoms with E-state index in [1.807, 2.05) is 34.9 Å². The number of aromatic nitrogens is 2. The Morgan fingerprint density at radius 2 is 1.67 bits per heavy atom. The maximum atomic E-state index is 13.1. The van der Waals surface area contributed by atoms with E-state index in [9.17, 15) is 21.6 Å². The van der Waals surface area contributed by atoms with E-state index in [0.717, 1.165) is 29.8 Å².